The number of halogens is 1. The van der Waals surface area contributed by atoms with Crippen LogP contribution in [0.3, 0.4) is 0 Å². The van der Waals surface area contributed by atoms with Gasteiger partial charge in [-0.25, -0.2) is 17.6 Å². The van der Waals surface area contributed by atoms with Crippen molar-refractivity contribution in [3.05, 3.63) is 30.1 Å². The molecule has 0 aliphatic carbocycles. The van der Waals surface area contributed by atoms with E-state index in [1.807, 2.05) is 0 Å². The highest BCUT2D eigenvalue weighted by molar-refractivity contribution is 7.89. The highest BCUT2D eigenvalue weighted by Gasteiger charge is 2.28. The third kappa shape index (κ3) is 6.41. The van der Waals surface area contributed by atoms with Crippen LogP contribution in [0.1, 0.15) is 26.2 Å². The highest BCUT2D eigenvalue weighted by Crippen LogP contribution is 2.11. The Bertz CT molecular complexity index is 765. The van der Waals surface area contributed by atoms with E-state index >= 15 is 0 Å². The zero-order valence-electron chi connectivity index (χ0n) is 13.8. The average molecular weight is 390 g/mol. The molecule has 4 N–H and O–H groups in total. The van der Waals surface area contributed by atoms with Crippen molar-refractivity contribution in [3.8, 4) is 0 Å². The Morgan fingerprint density at radius 1 is 1.12 bits per heavy atom. The van der Waals surface area contributed by atoms with E-state index < -0.39 is 52.2 Å². The summed E-state index contributed by atoms with van der Waals surface area (Å²) in [5, 5.41) is 19.8. The molecule has 1 rings (SSSR count). The van der Waals surface area contributed by atoms with Crippen molar-refractivity contribution < 1.29 is 37.4 Å². The van der Waals surface area contributed by atoms with Gasteiger partial charge in [-0.2, -0.15) is 4.72 Å². The Morgan fingerprint density at radius 3 is 2.15 bits per heavy atom. The largest absolute Gasteiger partial charge is 0.481 e. The van der Waals surface area contributed by atoms with Crippen LogP contribution in [0.2, 0.25) is 0 Å². The quantitative estimate of drug-likeness (QED) is 0.449. The normalized spacial score (nSPS) is 13.6. The van der Waals surface area contributed by atoms with Crippen LogP contribution in [-0.4, -0.2) is 48.6 Å². The first-order valence-corrected chi connectivity index (χ1v) is 9.08. The Kier molecular flexibility index (Phi) is 7.65. The number of hydrogen-bond donors (Lipinski definition) is 4. The molecule has 1 aromatic carbocycles. The number of aliphatic carboxylic acids is 2. The van der Waals surface area contributed by atoms with Gasteiger partial charge in [0.2, 0.25) is 15.9 Å². The van der Waals surface area contributed by atoms with Gasteiger partial charge in [-0.1, -0.05) is 6.92 Å². The molecule has 11 heteroatoms. The lowest BCUT2D eigenvalue weighted by molar-refractivity contribution is -0.143. The number of carboxylic acids is 2. The van der Waals surface area contributed by atoms with E-state index in [0.717, 1.165) is 24.3 Å². The maximum Gasteiger partial charge on any atom is 0.326 e. The molecule has 0 spiro atoms. The lowest BCUT2D eigenvalue weighted by Crippen LogP contribution is -2.51. The van der Waals surface area contributed by atoms with Gasteiger partial charge in [0.15, 0.2) is 0 Å². The molecule has 9 nitrogen and oxygen atoms in total. The lowest BCUT2D eigenvalue weighted by Gasteiger charge is -2.20. The van der Waals surface area contributed by atoms with Gasteiger partial charge in [-0.05, 0) is 37.1 Å². The molecular weight excluding hydrogens is 371 g/mol. The minimum absolute atomic E-state index is 0.0114. The minimum Gasteiger partial charge on any atom is -0.481 e. The van der Waals surface area contributed by atoms with Crippen LogP contribution < -0.4 is 10.0 Å². The second-order valence-corrected chi connectivity index (χ2v) is 7.08. The fourth-order valence-corrected chi connectivity index (χ4v) is 3.27. The lowest BCUT2D eigenvalue weighted by atomic mass is 10.1. The van der Waals surface area contributed by atoms with E-state index in [0.29, 0.717) is 0 Å². The number of carboxylic acid groups (broad SMARTS) is 2. The van der Waals surface area contributed by atoms with Gasteiger partial charge in [-0.15, -0.1) is 0 Å². The van der Waals surface area contributed by atoms with E-state index in [2.05, 4.69) is 10.0 Å². The minimum atomic E-state index is -4.13. The number of hydrogen-bond acceptors (Lipinski definition) is 5. The van der Waals surface area contributed by atoms with E-state index in [4.69, 9.17) is 10.2 Å². The number of sulfonamides is 1. The molecule has 0 fully saturated rings. The standard InChI is InChI=1S/C15H19FN2O7S/c1-2-11(14(21)17-12(15(22)23)7-8-13(19)20)18-26(24,25)10-5-3-9(16)4-6-10/h3-6,11-12,18H,2,7-8H2,1H3,(H,17,21)(H,19,20)(H,22,23). The van der Waals surface area contributed by atoms with E-state index in [9.17, 15) is 27.2 Å². The Hall–Kier alpha value is -2.53. The van der Waals surface area contributed by atoms with E-state index in [-0.39, 0.29) is 17.7 Å². The predicted octanol–water partition coefficient (Wildman–Crippen LogP) is 0.317. The number of carbonyl (C=O) groups is 3. The summed E-state index contributed by atoms with van der Waals surface area (Å²) in [5.74, 6) is -4.20. The average Bonchev–Trinajstić information content (AvgIpc) is 2.56. The molecule has 2 atom stereocenters. The molecule has 0 saturated heterocycles. The second-order valence-electron chi connectivity index (χ2n) is 5.37. The first-order valence-electron chi connectivity index (χ1n) is 7.59. The fraction of sp³-hybridized carbons (Fsp3) is 0.400. The summed E-state index contributed by atoms with van der Waals surface area (Å²) < 4.78 is 39.5. The molecule has 0 radical (unpaired) electrons. The summed E-state index contributed by atoms with van der Waals surface area (Å²) in [6.07, 6.45) is -0.815. The van der Waals surface area contributed by atoms with Gasteiger partial charge in [-0.3, -0.25) is 9.59 Å². The van der Waals surface area contributed by atoms with Crippen LogP contribution in [0.4, 0.5) is 4.39 Å². The molecule has 0 bridgehead atoms. The molecule has 0 heterocycles. The molecule has 26 heavy (non-hydrogen) atoms. The molecule has 144 valence electrons. The summed E-state index contributed by atoms with van der Waals surface area (Å²) in [4.78, 5) is 33.6. The Balaban J connectivity index is 2.85. The summed E-state index contributed by atoms with van der Waals surface area (Å²) in [5.41, 5.74) is 0. The van der Waals surface area contributed by atoms with Crippen molar-refractivity contribution >= 4 is 27.9 Å². The maximum absolute atomic E-state index is 12.9. The molecule has 1 amide bonds. The highest BCUT2D eigenvalue weighted by atomic mass is 32.2. The summed E-state index contributed by atoms with van der Waals surface area (Å²) in [6, 6.07) is 1.19. The first kappa shape index (κ1) is 21.5. The third-order valence-electron chi connectivity index (χ3n) is 3.41. The van der Waals surface area contributed by atoms with Gasteiger partial charge in [0.1, 0.15) is 17.9 Å². The molecule has 0 saturated carbocycles. The molecule has 0 aliphatic heterocycles. The maximum atomic E-state index is 12.9. The smallest absolute Gasteiger partial charge is 0.326 e. The Labute approximate surface area is 149 Å². The first-order chi connectivity index (χ1) is 12.1. The zero-order chi connectivity index (χ0) is 19.9. The summed E-state index contributed by atoms with van der Waals surface area (Å²) >= 11 is 0. The molecule has 2 unspecified atom stereocenters. The van der Waals surface area contributed by atoms with E-state index in [1.54, 1.807) is 0 Å². The zero-order valence-corrected chi connectivity index (χ0v) is 14.6. The SMILES string of the molecule is CCC(NS(=O)(=O)c1ccc(F)cc1)C(=O)NC(CCC(=O)O)C(=O)O. The van der Waals surface area contributed by atoms with Gasteiger partial charge < -0.3 is 15.5 Å². The summed E-state index contributed by atoms with van der Waals surface area (Å²) in [7, 11) is -4.13. The van der Waals surface area contributed by atoms with Crippen LogP contribution in [0.15, 0.2) is 29.2 Å². The monoisotopic (exact) mass is 390 g/mol. The van der Waals surface area contributed by atoms with Crippen LogP contribution in [-0.2, 0) is 24.4 Å². The van der Waals surface area contributed by atoms with Crippen molar-refractivity contribution in [3.63, 3.8) is 0 Å². The van der Waals surface area contributed by atoms with Crippen LogP contribution >= 0.6 is 0 Å². The molecule has 1 aromatic rings. The van der Waals surface area contributed by atoms with Crippen molar-refractivity contribution in [1.29, 1.82) is 0 Å². The number of nitrogens with one attached hydrogen (secondary N) is 2. The number of benzene rings is 1. The number of rotatable bonds is 10. The molecule has 0 aliphatic rings. The van der Waals surface area contributed by atoms with Crippen molar-refractivity contribution in [2.75, 3.05) is 0 Å². The van der Waals surface area contributed by atoms with Crippen LogP contribution in [0.25, 0.3) is 0 Å². The van der Waals surface area contributed by atoms with Crippen molar-refractivity contribution in [1.82, 2.24) is 10.0 Å². The van der Waals surface area contributed by atoms with Crippen molar-refractivity contribution in [2.45, 2.75) is 43.2 Å². The fourth-order valence-electron chi connectivity index (χ4n) is 1.99. The van der Waals surface area contributed by atoms with Gasteiger partial charge in [0, 0.05) is 6.42 Å². The number of amides is 1. The van der Waals surface area contributed by atoms with E-state index in [1.165, 1.54) is 6.92 Å². The Morgan fingerprint density at radius 2 is 1.69 bits per heavy atom. The second kappa shape index (κ2) is 9.25. The van der Waals surface area contributed by atoms with Crippen LogP contribution in [0, 0.1) is 5.82 Å². The van der Waals surface area contributed by atoms with Crippen LogP contribution in [0.5, 0.6) is 0 Å². The van der Waals surface area contributed by atoms with Gasteiger partial charge in [0.25, 0.3) is 0 Å². The van der Waals surface area contributed by atoms with Gasteiger partial charge in [0.05, 0.1) is 4.90 Å². The van der Waals surface area contributed by atoms with Crippen molar-refractivity contribution in [2.24, 2.45) is 0 Å². The van der Waals surface area contributed by atoms with Gasteiger partial charge >= 0.3 is 11.9 Å². The predicted molar refractivity (Wildman–Crippen MR) is 87.2 cm³/mol. The topological polar surface area (TPSA) is 150 Å². The molecular formula is C15H19FN2O7S. The number of carbonyl (C=O) groups excluding carboxylic acids is 1. The third-order valence-corrected chi connectivity index (χ3v) is 4.90. The summed E-state index contributed by atoms with van der Waals surface area (Å²) in [6.45, 7) is 1.50. The molecule has 0 aromatic heterocycles.